The van der Waals surface area contributed by atoms with Gasteiger partial charge in [-0.05, 0) is 55.7 Å². The molecule has 0 saturated carbocycles. The van der Waals surface area contributed by atoms with Gasteiger partial charge in [-0.3, -0.25) is 0 Å². The van der Waals surface area contributed by atoms with E-state index in [1.165, 1.54) is 0 Å². The molecule has 0 atom stereocenters. The molecule has 0 amide bonds. The summed E-state index contributed by atoms with van der Waals surface area (Å²) in [6.07, 6.45) is 1.69. The molecule has 22 heavy (non-hydrogen) atoms. The van der Waals surface area contributed by atoms with Crippen LogP contribution in [-0.2, 0) is 4.79 Å². The maximum Gasteiger partial charge on any atom is 0.336 e. The Bertz CT molecular complexity index is 697. The van der Waals surface area contributed by atoms with Gasteiger partial charge in [0.25, 0.3) is 0 Å². The molecule has 0 saturated heterocycles. The first-order valence-electron chi connectivity index (χ1n) is 7.26. The number of aryl methyl sites for hydroxylation is 2. The van der Waals surface area contributed by atoms with Gasteiger partial charge in [0, 0.05) is 0 Å². The quantitative estimate of drug-likeness (QED) is 0.660. The van der Waals surface area contributed by atoms with E-state index >= 15 is 0 Å². The molecule has 2 aromatic carbocycles. The summed E-state index contributed by atoms with van der Waals surface area (Å²) in [6.45, 7) is 6.46. The number of ether oxygens (including phenoxy) is 1. The highest BCUT2D eigenvalue weighted by molar-refractivity contribution is 6.21. The minimum absolute atomic E-state index is 0.293. The Morgan fingerprint density at radius 1 is 1.14 bits per heavy atom. The summed E-state index contributed by atoms with van der Waals surface area (Å²) in [5.41, 5.74) is 3.95. The van der Waals surface area contributed by atoms with Gasteiger partial charge < -0.3 is 9.84 Å². The van der Waals surface area contributed by atoms with Crippen molar-refractivity contribution < 1.29 is 14.6 Å². The molecule has 2 aromatic rings. The van der Waals surface area contributed by atoms with Crippen molar-refractivity contribution in [3.63, 3.8) is 0 Å². The number of carboxylic acid groups (broad SMARTS) is 1. The van der Waals surface area contributed by atoms with Crippen LogP contribution in [0.25, 0.3) is 11.6 Å². The van der Waals surface area contributed by atoms with E-state index in [2.05, 4.69) is 0 Å². The van der Waals surface area contributed by atoms with Crippen molar-refractivity contribution in [2.75, 3.05) is 6.61 Å². The van der Waals surface area contributed by atoms with Crippen molar-refractivity contribution in [2.45, 2.75) is 20.8 Å². The van der Waals surface area contributed by atoms with Crippen LogP contribution in [0.15, 0.2) is 42.5 Å². The van der Waals surface area contributed by atoms with Gasteiger partial charge in [-0.15, -0.1) is 0 Å². The Balaban J connectivity index is 2.40. The highest BCUT2D eigenvalue weighted by atomic mass is 16.5. The zero-order valence-corrected chi connectivity index (χ0v) is 13.1. The first kappa shape index (κ1) is 15.8. The van der Waals surface area contributed by atoms with E-state index in [1.807, 2.05) is 63.2 Å². The third-order valence-corrected chi connectivity index (χ3v) is 3.40. The van der Waals surface area contributed by atoms with E-state index in [4.69, 9.17) is 4.74 Å². The van der Waals surface area contributed by atoms with E-state index < -0.39 is 5.97 Å². The summed E-state index contributed by atoms with van der Waals surface area (Å²) in [6, 6.07) is 13.2. The van der Waals surface area contributed by atoms with E-state index in [9.17, 15) is 9.90 Å². The number of hydrogen-bond acceptors (Lipinski definition) is 2. The molecule has 0 unspecified atom stereocenters. The number of hydrogen-bond donors (Lipinski definition) is 1. The second kappa shape index (κ2) is 6.94. The average molecular weight is 296 g/mol. The number of carbonyl (C=O) groups is 1. The lowest BCUT2D eigenvalue weighted by molar-refractivity contribution is -0.130. The average Bonchev–Trinajstić information content (AvgIpc) is 2.47. The van der Waals surface area contributed by atoms with Gasteiger partial charge in [0.15, 0.2) is 0 Å². The molecule has 0 aliphatic rings. The monoisotopic (exact) mass is 296 g/mol. The highest BCUT2D eigenvalue weighted by Gasteiger charge is 2.13. The van der Waals surface area contributed by atoms with Crippen LogP contribution >= 0.6 is 0 Å². The van der Waals surface area contributed by atoms with Gasteiger partial charge in [-0.25, -0.2) is 4.79 Å². The van der Waals surface area contributed by atoms with E-state index in [-0.39, 0.29) is 0 Å². The van der Waals surface area contributed by atoms with Gasteiger partial charge >= 0.3 is 5.97 Å². The fraction of sp³-hybridized carbons (Fsp3) is 0.211. The third-order valence-electron chi connectivity index (χ3n) is 3.40. The minimum atomic E-state index is -0.930. The summed E-state index contributed by atoms with van der Waals surface area (Å²) in [4.78, 5) is 11.6. The molecule has 0 aliphatic carbocycles. The molecule has 0 bridgehead atoms. The Labute approximate surface area is 130 Å². The van der Waals surface area contributed by atoms with Crippen LogP contribution in [0.1, 0.15) is 29.2 Å². The lowest BCUT2D eigenvalue weighted by Crippen LogP contribution is -2.02. The number of rotatable bonds is 5. The molecule has 0 radical (unpaired) electrons. The number of carboxylic acids is 1. The van der Waals surface area contributed by atoms with Gasteiger partial charge in [0.05, 0.1) is 12.2 Å². The van der Waals surface area contributed by atoms with Crippen molar-refractivity contribution in [1.29, 1.82) is 0 Å². The Kier molecular flexibility index (Phi) is 4.99. The largest absolute Gasteiger partial charge is 0.494 e. The number of aliphatic carboxylic acids is 1. The second-order valence-corrected chi connectivity index (χ2v) is 5.18. The first-order valence-corrected chi connectivity index (χ1v) is 7.26. The van der Waals surface area contributed by atoms with Crippen LogP contribution in [-0.4, -0.2) is 17.7 Å². The van der Waals surface area contributed by atoms with Crippen molar-refractivity contribution in [1.82, 2.24) is 0 Å². The van der Waals surface area contributed by atoms with Crippen LogP contribution < -0.4 is 4.74 Å². The summed E-state index contributed by atoms with van der Waals surface area (Å²) in [5, 5.41) is 9.53. The molecule has 0 spiro atoms. The molecule has 0 aliphatic heterocycles. The summed E-state index contributed by atoms with van der Waals surface area (Å²) < 4.78 is 5.39. The normalized spacial score (nSPS) is 11.3. The first-order chi connectivity index (χ1) is 10.5. The minimum Gasteiger partial charge on any atom is -0.494 e. The zero-order chi connectivity index (χ0) is 16.1. The van der Waals surface area contributed by atoms with Crippen LogP contribution in [0.2, 0.25) is 0 Å². The van der Waals surface area contributed by atoms with E-state index in [0.717, 1.165) is 28.0 Å². The van der Waals surface area contributed by atoms with Crippen molar-refractivity contribution in [2.24, 2.45) is 0 Å². The predicted octanol–water partition coefficient (Wildman–Crippen LogP) is 4.33. The van der Waals surface area contributed by atoms with Gasteiger partial charge in [0.1, 0.15) is 5.75 Å². The molecular formula is C19H20O3. The SMILES string of the molecule is CCOc1ccc(/C=C(\C(=O)O)c2ccc(C)cc2C)cc1. The van der Waals surface area contributed by atoms with Gasteiger partial charge in [0.2, 0.25) is 0 Å². The summed E-state index contributed by atoms with van der Waals surface area (Å²) in [7, 11) is 0. The van der Waals surface area contributed by atoms with Crippen LogP contribution in [0.5, 0.6) is 5.75 Å². The molecule has 114 valence electrons. The molecular weight excluding hydrogens is 276 g/mol. The molecule has 0 fully saturated rings. The maximum atomic E-state index is 11.6. The third kappa shape index (κ3) is 3.76. The van der Waals surface area contributed by atoms with Crippen molar-refractivity contribution in [3.05, 3.63) is 64.7 Å². The fourth-order valence-electron chi connectivity index (χ4n) is 2.36. The Morgan fingerprint density at radius 3 is 2.36 bits per heavy atom. The van der Waals surface area contributed by atoms with Crippen LogP contribution in [0.3, 0.4) is 0 Å². The number of benzene rings is 2. The topological polar surface area (TPSA) is 46.5 Å². The van der Waals surface area contributed by atoms with E-state index in [1.54, 1.807) is 6.08 Å². The molecule has 1 N–H and O–H groups in total. The Morgan fingerprint density at radius 2 is 1.82 bits per heavy atom. The molecule has 2 rings (SSSR count). The van der Waals surface area contributed by atoms with Gasteiger partial charge in [-0.2, -0.15) is 0 Å². The molecule has 0 aromatic heterocycles. The fourth-order valence-corrected chi connectivity index (χ4v) is 2.36. The maximum absolute atomic E-state index is 11.6. The summed E-state index contributed by atoms with van der Waals surface area (Å²) >= 11 is 0. The lowest BCUT2D eigenvalue weighted by atomic mass is 9.97. The predicted molar refractivity (Wildman–Crippen MR) is 89.0 cm³/mol. The smallest absolute Gasteiger partial charge is 0.336 e. The highest BCUT2D eigenvalue weighted by Crippen LogP contribution is 2.24. The van der Waals surface area contributed by atoms with E-state index in [0.29, 0.717) is 12.2 Å². The second-order valence-electron chi connectivity index (χ2n) is 5.18. The Hall–Kier alpha value is -2.55. The van der Waals surface area contributed by atoms with Crippen LogP contribution in [0, 0.1) is 13.8 Å². The molecule has 3 nitrogen and oxygen atoms in total. The standard InChI is InChI=1S/C19H20O3/c1-4-22-16-8-6-15(7-9-16)12-18(19(20)21)17-10-5-13(2)11-14(17)3/h5-12H,4H2,1-3H3,(H,20,21)/b18-12-. The van der Waals surface area contributed by atoms with Crippen LogP contribution in [0.4, 0.5) is 0 Å². The lowest BCUT2D eigenvalue weighted by Gasteiger charge is -2.09. The van der Waals surface area contributed by atoms with Gasteiger partial charge in [-0.1, -0.05) is 35.9 Å². The molecule has 0 heterocycles. The zero-order valence-electron chi connectivity index (χ0n) is 13.1. The summed E-state index contributed by atoms with van der Waals surface area (Å²) in [5.74, 6) is -0.149. The molecule has 3 heteroatoms. The van der Waals surface area contributed by atoms with Crippen molar-refractivity contribution in [3.8, 4) is 5.75 Å². The van der Waals surface area contributed by atoms with Crippen molar-refractivity contribution >= 4 is 17.6 Å².